The summed E-state index contributed by atoms with van der Waals surface area (Å²) in [7, 11) is 0. The number of carbonyl (C=O) groups is 3. The van der Waals surface area contributed by atoms with Gasteiger partial charge >= 0.3 is 17.9 Å². The largest absolute Gasteiger partial charge is 0.481 e. The van der Waals surface area contributed by atoms with Gasteiger partial charge in [-0.25, -0.2) is 9.78 Å². The number of aryl methyl sites for hydroxylation is 2. The van der Waals surface area contributed by atoms with E-state index in [4.69, 9.17) is 29.6 Å². The minimum absolute atomic E-state index is 0.823. The molecule has 3 rings (SSSR count). The molecular formula is C24H36N4O9. The van der Waals surface area contributed by atoms with Gasteiger partial charge in [0, 0.05) is 31.9 Å². The van der Waals surface area contributed by atoms with Gasteiger partial charge in [-0.15, -0.1) is 0 Å². The number of carboxylic acid groups (broad SMARTS) is 3. The van der Waals surface area contributed by atoms with Crippen LogP contribution in [0.15, 0.2) is 22.9 Å². The lowest BCUT2D eigenvalue weighted by atomic mass is 9.96. The Morgan fingerprint density at radius 2 is 1.73 bits per heavy atom. The van der Waals surface area contributed by atoms with Crippen molar-refractivity contribution in [1.29, 1.82) is 0 Å². The highest BCUT2D eigenvalue weighted by atomic mass is 16.5. The number of carboxylic acids is 3. The summed E-state index contributed by atoms with van der Waals surface area (Å²) in [6.07, 6.45) is 0.625. The van der Waals surface area contributed by atoms with Crippen molar-refractivity contribution in [2.45, 2.75) is 51.8 Å². The Bertz CT molecular complexity index is 998. The van der Waals surface area contributed by atoms with Crippen molar-refractivity contribution in [2.75, 3.05) is 39.4 Å². The molecule has 1 aliphatic heterocycles. The number of nitrogens with zero attached hydrogens (tertiary/aromatic N) is 3. The van der Waals surface area contributed by atoms with E-state index in [1.165, 1.54) is 0 Å². The first-order valence-corrected chi connectivity index (χ1v) is 11.9. The van der Waals surface area contributed by atoms with E-state index in [0.717, 1.165) is 81.8 Å². The summed E-state index contributed by atoms with van der Waals surface area (Å²) in [4.78, 5) is 43.0. The molecule has 5 N–H and O–H groups in total. The Labute approximate surface area is 214 Å². The SMILES string of the molecule is Cc1ccc(CN(CCCN2CCOCC2)Cc2nc[nH]c2C)o1.O=C(O)CC(O)(CC(=O)O)C(=O)O. The van der Waals surface area contributed by atoms with Crippen LogP contribution in [0.3, 0.4) is 0 Å². The molecule has 13 heteroatoms. The molecule has 0 aromatic carbocycles. The molecule has 0 amide bonds. The fourth-order valence-electron chi connectivity index (χ4n) is 3.82. The topological polar surface area (TPSA) is 190 Å². The molecule has 0 radical (unpaired) electrons. The summed E-state index contributed by atoms with van der Waals surface area (Å²) >= 11 is 0. The Kier molecular flexibility index (Phi) is 11.7. The van der Waals surface area contributed by atoms with Gasteiger partial charge in [-0.05, 0) is 38.9 Å². The summed E-state index contributed by atoms with van der Waals surface area (Å²) in [5.74, 6) is -3.03. The van der Waals surface area contributed by atoms with Crippen LogP contribution in [-0.2, 0) is 32.2 Å². The number of morpholine rings is 1. The molecule has 2 aromatic rings. The third-order valence-corrected chi connectivity index (χ3v) is 5.82. The molecule has 3 heterocycles. The van der Waals surface area contributed by atoms with Gasteiger partial charge in [0.25, 0.3) is 0 Å². The van der Waals surface area contributed by atoms with Crippen molar-refractivity contribution in [1.82, 2.24) is 19.8 Å². The van der Waals surface area contributed by atoms with Crippen LogP contribution < -0.4 is 0 Å². The lowest BCUT2D eigenvalue weighted by Gasteiger charge is -2.28. The fourth-order valence-corrected chi connectivity index (χ4v) is 3.82. The van der Waals surface area contributed by atoms with Gasteiger partial charge in [-0.2, -0.15) is 0 Å². The van der Waals surface area contributed by atoms with E-state index < -0.39 is 36.4 Å². The standard InChI is InChI=1S/C18H28N4O2.C6H8O7/c1-15-4-5-17(24-15)12-22(13-18-16(2)19-14-20-18)7-3-6-21-8-10-23-11-9-21;7-3(8)1-6(13,5(11)12)2-4(9)10/h4-5,14H,3,6-13H2,1-2H3,(H,19,20);13H,1-2H2,(H,7,8)(H,9,10)(H,11,12). The summed E-state index contributed by atoms with van der Waals surface area (Å²) in [5.41, 5.74) is -0.481. The summed E-state index contributed by atoms with van der Waals surface area (Å²) < 4.78 is 11.2. The molecule has 37 heavy (non-hydrogen) atoms. The van der Waals surface area contributed by atoms with Crippen LogP contribution in [-0.4, -0.2) is 103 Å². The van der Waals surface area contributed by atoms with E-state index in [1.807, 2.05) is 13.0 Å². The lowest BCUT2D eigenvalue weighted by Crippen LogP contribution is -2.42. The molecule has 1 aliphatic rings. The number of aromatic amines is 1. The second-order valence-electron chi connectivity index (χ2n) is 8.98. The quantitative estimate of drug-likeness (QED) is 0.251. The van der Waals surface area contributed by atoms with E-state index in [2.05, 4.69) is 32.8 Å². The van der Waals surface area contributed by atoms with Gasteiger partial charge in [0.1, 0.15) is 11.5 Å². The van der Waals surface area contributed by atoms with Crippen molar-refractivity contribution in [2.24, 2.45) is 0 Å². The van der Waals surface area contributed by atoms with Gasteiger partial charge in [0.15, 0.2) is 5.60 Å². The van der Waals surface area contributed by atoms with Crippen LogP contribution in [0.25, 0.3) is 0 Å². The molecule has 0 saturated carbocycles. The average molecular weight is 525 g/mol. The molecule has 206 valence electrons. The summed E-state index contributed by atoms with van der Waals surface area (Å²) in [6, 6.07) is 4.10. The molecule has 0 atom stereocenters. The monoisotopic (exact) mass is 524 g/mol. The van der Waals surface area contributed by atoms with Crippen molar-refractivity contribution >= 4 is 17.9 Å². The molecule has 0 spiro atoms. The second kappa shape index (κ2) is 14.5. The number of nitrogens with one attached hydrogen (secondary N) is 1. The first kappa shape index (κ1) is 30.0. The van der Waals surface area contributed by atoms with Gasteiger partial charge in [-0.1, -0.05) is 0 Å². The molecule has 0 bridgehead atoms. The number of rotatable bonds is 13. The highest BCUT2D eigenvalue weighted by Crippen LogP contribution is 2.16. The average Bonchev–Trinajstić information content (AvgIpc) is 3.41. The third kappa shape index (κ3) is 10.7. The number of aliphatic carboxylic acids is 3. The maximum absolute atomic E-state index is 10.3. The highest BCUT2D eigenvalue weighted by Gasteiger charge is 2.40. The third-order valence-electron chi connectivity index (χ3n) is 5.82. The van der Waals surface area contributed by atoms with Crippen molar-refractivity contribution < 1.29 is 44.0 Å². The number of ether oxygens (including phenoxy) is 1. The molecule has 0 aliphatic carbocycles. The van der Waals surface area contributed by atoms with Crippen molar-refractivity contribution in [3.63, 3.8) is 0 Å². The number of furan rings is 1. The number of H-pyrrole nitrogens is 1. The first-order valence-electron chi connectivity index (χ1n) is 11.9. The predicted octanol–water partition coefficient (Wildman–Crippen LogP) is 1.10. The van der Waals surface area contributed by atoms with Crippen molar-refractivity contribution in [3.05, 3.63) is 41.4 Å². The van der Waals surface area contributed by atoms with E-state index in [-0.39, 0.29) is 0 Å². The maximum Gasteiger partial charge on any atom is 0.336 e. The normalized spacial score (nSPS) is 14.3. The van der Waals surface area contributed by atoms with E-state index in [9.17, 15) is 14.4 Å². The number of hydrogen-bond acceptors (Lipinski definition) is 9. The molecule has 0 unspecified atom stereocenters. The minimum Gasteiger partial charge on any atom is -0.481 e. The van der Waals surface area contributed by atoms with Crippen LogP contribution in [0.4, 0.5) is 0 Å². The number of aromatic nitrogens is 2. The van der Waals surface area contributed by atoms with Gasteiger partial charge in [-0.3, -0.25) is 19.4 Å². The predicted molar refractivity (Wildman–Crippen MR) is 130 cm³/mol. The highest BCUT2D eigenvalue weighted by molar-refractivity contribution is 5.88. The zero-order chi connectivity index (χ0) is 27.4. The summed E-state index contributed by atoms with van der Waals surface area (Å²) in [6.45, 7) is 11.7. The molecule has 1 saturated heterocycles. The molecule has 13 nitrogen and oxygen atoms in total. The Hall–Kier alpha value is -3.26. The van der Waals surface area contributed by atoms with Crippen LogP contribution in [0.2, 0.25) is 0 Å². The Morgan fingerprint density at radius 3 is 2.22 bits per heavy atom. The summed E-state index contributed by atoms with van der Waals surface area (Å²) in [5, 5.41) is 33.8. The second-order valence-corrected chi connectivity index (χ2v) is 8.98. The maximum atomic E-state index is 10.3. The van der Waals surface area contributed by atoms with Gasteiger partial charge in [0.05, 0.1) is 44.6 Å². The zero-order valence-corrected chi connectivity index (χ0v) is 21.2. The van der Waals surface area contributed by atoms with E-state index >= 15 is 0 Å². The van der Waals surface area contributed by atoms with Crippen LogP contribution >= 0.6 is 0 Å². The smallest absolute Gasteiger partial charge is 0.336 e. The fraction of sp³-hybridized carbons (Fsp3) is 0.583. The van der Waals surface area contributed by atoms with Gasteiger partial charge < -0.3 is 34.6 Å². The van der Waals surface area contributed by atoms with E-state index in [1.54, 1.807) is 6.33 Å². The van der Waals surface area contributed by atoms with Crippen LogP contribution in [0, 0.1) is 13.8 Å². The van der Waals surface area contributed by atoms with Crippen LogP contribution in [0.5, 0.6) is 0 Å². The number of aliphatic hydroxyl groups is 1. The Balaban J connectivity index is 0.000000317. The van der Waals surface area contributed by atoms with Crippen LogP contribution in [0.1, 0.15) is 42.2 Å². The van der Waals surface area contributed by atoms with Gasteiger partial charge in [0.2, 0.25) is 0 Å². The van der Waals surface area contributed by atoms with E-state index in [0.29, 0.717) is 0 Å². The number of imidazole rings is 1. The Morgan fingerprint density at radius 1 is 1.08 bits per heavy atom. The lowest BCUT2D eigenvalue weighted by molar-refractivity contribution is -0.170. The molecular weight excluding hydrogens is 488 g/mol. The minimum atomic E-state index is -2.74. The molecule has 2 aromatic heterocycles. The molecule has 1 fully saturated rings. The zero-order valence-electron chi connectivity index (χ0n) is 21.2. The first-order chi connectivity index (χ1) is 17.5. The number of hydrogen-bond donors (Lipinski definition) is 5. The van der Waals surface area contributed by atoms with Crippen molar-refractivity contribution in [3.8, 4) is 0 Å².